The van der Waals surface area contributed by atoms with Crippen LogP contribution in [-0.4, -0.2) is 27.1 Å². The molecule has 3 rings (SSSR count). The van der Waals surface area contributed by atoms with E-state index in [4.69, 9.17) is 4.74 Å². The number of piperidine rings is 1. The molecule has 2 aromatic heterocycles. The molecule has 1 fully saturated rings. The van der Waals surface area contributed by atoms with Crippen LogP contribution in [0.25, 0.3) is 9.66 Å². The van der Waals surface area contributed by atoms with Gasteiger partial charge in [-0.25, -0.2) is 4.98 Å². The normalized spacial score (nSPS) is 22.2. The van der Waals surface area contributed by atoms with E-state index in [-0.39, 0.29) is 17.2 Å². The van der Waals surface area contributed by atoms with Crippen molar-refractivity contribution in [3.05, 3.63) is 3.92 Å². The second-order valence-electron chi connectivity index (χ2n) is 6.60. The Morgan fingerprint density at radius 1 is 1.10 bits per heavy atom. The predicted molar refractivity (Wildman–Crippen MR) is 87.9 cm³/mol. The summed E-state index contributed by atoms with van der Waals surface area (Å²) in [4.78, 5) is 10.8. The first kappa shape index (κ1) is 14.7. The lowest BCUT2D eigenvalue weighted by Gasteiger charge is -2.45. The van der Waals surface area contributed by atoms with Crippen LogP contribution in [-0.2, 0) is 0 Å². The molecule has 1 aliphatic heterocycles. The van der Waals surface area contributed by atoms with E-state index in [0.29, 0.717) is 0 Å². The van der Waals surface area contributed by atoms with Gasteiger partial charge in [0, 0.05) is 23.9 Å². The van der Waals surface area contributed by atoms with Gasteiger partial charge in [-0.1, -0.05) is 22.7 Å². The number of nitrogens with zero attached hydrogens (tertiary/aromatic N) is 2. The maximum atomic E-state index is 6.13. The van der Waals surface area contributed by atoms with Crippen LogP contribution in [0.2, 0.25) is 0 Å². The van der Waals surface area contributed by atoms with Crippen molar-refractivity contribution in [3.8, 4) is 5.19 Å². The molecule has 1 saturated heterocycles. The number of hydrogen-bond acceptors (Lipinski definition) is 6. The van der Waals surface area contributed by atoms with Gasteiger partial charge in [-0.2, -0.15) is 4.98 Å². The van der Waals surface area contributed by atoms with E-state index in [2.05, 4.69) is 58.9 Å². The van der Waals surface area contributed by atoms with Crippen LogP contribution < -0.4 is 10.1 Å². The van der Waals surface area contributed by atoms with Crippen LogP contribution >= 0.6 is 38.6 Å². The van der Waals surface area contributed by atoms with E-state index >= 15 is 0 Å². The number of aromatic nitrogens is 2. The molecular formula is C13H18BrN3OS2. The molecule has 0 radical (unpaired) electrons. The van der Waals surface area contributed by atoms with Crippen molar-refractivity contribution in [3.63, 3.8) is 0 Å². The highest BCUT2D eigenvalue weighted by Gasteiger charge is 2.39. The first-order valence-corrected chi connectivity index (χ1v) is 9.04. The highest BCUT2D eigenvalue weighted by Crippen LogP contribution is 2.36. The molecule has 2 aromatic rings. The van der Waals surface area contributed by atoms with Crippen molar-refractivity contribution in [2.45, 2.75) is 57.7 Å². The standard InChI is InChI=1S/C13H18BrN3OS2/c1-12(2)5-7(6-13(3,4)17-12)18-11-16-9-8(20-11)15-10(14)19-9/h7,17H,5-6H2,1-4H3. The van der Waals surface area contributed by atoms with E-state index in [9.17, 15) is 0 Å². The maximum Gasteiger partial charge on any atom is 0.276 e. The molecule has 0 atom stereocenters. The first-order valence-electron chi connectivity index (χ1n) is 6.61. The molecule has 0 aliphatic carbocycles. The Morgan fingerprint density at radius 3 is 2.30 bits per heavy atom. The Hall–Kier alpha value is -0.240. The molecule has 7 heteroatoms. The Kier molecular flexibility index (Phi) is 3.60. The molecule has 0 aromatic carbocycles. The Bertz CT molecular complexity index is 587. The Labute approximate surface area is 135 Å². The molecule has 20 heavy (non-hydrogen) atoms. The molecule has 0 unspecified atom stereocenters. The fourth-order valence-corrected chi connectivity index (χ4v) is 5.54. The minimum absolute atomic E-state index is 0.0857. The predicted octanol–water partition coefficient (Wildman–Crippen LogP) is 4.20. The third-order valence-corrected chi connectivity index (χ3v) is 5.72. The molecule has 1 aliphatic rings. The van der Waals surface area contributed by atoms with Gasteiger partial charge in [-0.05, 0) is 43.6 Å². The maximum absolute atomic E-state index is 6.13. The molecule has 0 saturated carbocycles. The lowest BCUT2D eigenvalue weighted by Crippen LogP contribution is -2.60. The van der Waals surface area contributed by atoms with Gasteiger partial charge in [-0.3, -0.25) is 0 Å². The summed E-state index contributed by atoms with van der Waals surface area (Å²) in [7, 11) is 0. The van der Waals surface area contributed by atoms with Gasteiger partial charge in [0.2, 0.25) is 0 Å². The summed E-state index contributed by atoms with van der Waals surface area (Å²) in [6.07, 6.45) is 2.17. The molecule has 0 bridgehead atoms. The van der Waals surface area contributed by atoms with Gasteiger partial charge < -0.3 is 10.1 Å². The highest BCUT2D eigenvalue weighted by atomic mass is 79.9. The van der Waals surface area contributed by atoms with Crippen molar-refractivity contribution in [2.24, 2.45) is 0 Å². The quantitative estimate of drug-likeness (QED) is 0.853. The van der Waals surface area contributed by atoms with Crippen LogP contribution in [0, 0.1) is 0 Å². The highest BCUT2D eigenvalue weighted by molar-refractivity contribution is 9.11. The minimum Gasteiger partial charge on any atom is -0.466 e. The van der Waals surface area contributed by atoms with Gasteiger partial charge in [0.05, 0.1) is 0 Å². The van der Waals surface area contributed by atoms with E-state index < -0.39 is 0 Å². The van der Waals surface area contributed by atoms with Crippen molar-refractivity contribution in [2.75, 3.05) is 0 Å². The average Bonchev–Trinajstić information content (AvgIpc) is 2.68. The smallest absolute Gasteiger partial charge is 0.276 e. The zero-order valence-corrected chi connectivity index (χ0v) is 15.2. The van der Waals surface area contributed by atoms with Crippen LogP contribution in [0.4, 0.5) is 0 Å². The largest absolute Gasteiger partial charge is 0.466 e. The molecule has 0 amide bonds. The van der Waals surface area contributed by atoms with E-state index in [0.717, 1.165) is 31.6 Å². The minimum atomic E-state index is 0.0857. The summed E-state index contributed by atoms with van der Waals surface area (Å²) in [5, 5.41) is 4.40. The van der Waals surface area contributed by atoms with Crippen LogP contribution in [0.3, 0.4) is 0 Å². The van der Waals surface area contributed by atoms with Crippen molar-refractivity contribution in [1.29, 1.82) is 0 Å². The van der Waals surface area contributed by atoms with Crippen molar-refractivity contribution in [1.82, 2.24) is 15.3 Å². The second kappa shape index (κ2) is 4.90. The summed E-state index contributed by atoms with van der Waals surface area (Å²) in [6, 6.07) is 0. The molecule has 0 spiro atoms. The summed E-state index contributed by atoms with van der Waals surface area (Å²) < 4.78 is 7.01. The van der Waals surface area contributed by atoms with Crippen LogP contribution in [0.5, 0.6) is 5.19 Å². The van der Waals surface area contributed by atoms with Gasteiger partial charge in [0.15, 0.2) is 13.6 Å². The fourth-order valence-electron chi connectivity index (χ4n) is 3.10. The number of nitrogens with one attached hydrogen (secondary N) is 1. The molecule has 1 N–H and O–H groups in total. The van der Waals surface area contributed by atoms with Crippen LogP contribution in [0.15, 0.2) is 3.92 Å². The summed E-state index contributed by atoms with van der Waals surface area (Å²) in [5.41, 5.74) is 0.171. The zero-order valence-electron chi connectivity index (χ0n) is 12.0. The fraction of sp³-hybridized carbons (Fsp3) is 0.692. The van der Waals surface area contributed by atoms with E-state index in [1.54, 1.807) is 11.3 Å². The van der Waals surface area contributed by atoms with Gasteiger partial charge in [0.1, 0.15) is 6.10 Å². The topological polar surface area (TPSA) is 47.0 Å². The lowest BCUT2D eigenvalue weighted by molar-refractivity contribution is 0.0559. The monoisotopic (exact) mass is 375 g/mol. The number of ether oxygens (including phenoxy) is 1. The molecule has 4 nitrogen and oxygen atoms in total. The average molecular weight is 376 g/mol. The van der Waals surface area contributed by atoms with Crippen LogP contribution in [0.1, 0.15) is 40.5 Å². The lowest BCUT2D eigenvalue weighted by atomic mass is 9.81. The summed E-state index contributed by atoms with van der Waals surface area (Å²) in [5.74, 6) is 0. The Morgan fingerprint density at radius 2 is 1.70 bits per heavy atom. The molecular weight excluding hydrogens is 358 g/mol. The van der Waals surface area contributed by atoms with Crippen molar-refractivity contribution < 1.29 is 4.74 Å². The number of hydrogen-bond donors (Lipinski definition) is 1. The number of halogens is 1. The third-order valence-electron chi connectivity index (χ3n) is 3.35. The van der Waals surface area contributed by atoms with E-state index in [1.165, 1.54) is 11.3 Å². The van der Waals surface area contributed by atoms with E-state index in [1.807, 2.05) is 0 Å². The van der Waals surface area contributed by atoms with Crippen molar-refractivity contribution >= 4 is 48.3 Å². The summed E-state index contributed by atoms with van der Waals surface area (Å²) in [6.45, 7) is 8.90. The zero-order chi connectivity index (χ0) is 14.5. The van der Waals surface area contributed by atoms with Gasteiger partial charge >= 0.3 is 0 Å². The number of rotatable bonds is 2. The second-order valence-corrected chi connectivity index (χ2v) is 9.79. The molecule has 3 heterocycles. The molecule has 110 valence electrons. The first-order chi connectivity index (χ1) is 9.22. The summed E-state index contributed by atoms with van der Waals surface area (Å²) >= 11 is 6.46. The third kappa shape index (κ3) is 3.16. The van der Waals surface area contributed by atoms with Gasteiger partial charge in [0.25, 0.3) is 5.19 Å². The Balaban J connectivity index is 1.77. The van der Waals surface area contributed by atoms with Gasteiger partial charge in [-0.15, -0.1) is 0 Å². The number of thiazole rings is 2. The SMILES string of the molecule is CC1(C)CC(Oc2nc3sc(Br)nc3s2)CC(C)(C)N1. The number of fused-ring (bicyclic) bond motifs is 1.